The van der Waals surface area contributed by atoms with E-state index in [1.165, 1.54) is 0 Å². The average Bonchev–Trinajstić information content (AvgIpc) is 2.62. The highest BCUT2D eigenvalue weighted by molar-refractivity contribution is 5.44. The van der Waals surface area contributed by atoms with Crippen LogP contribution in [0.2, 0.25) is 0 Å². The van der Waals surface area contributed by atoms with Gasteiger partial charge in [-0.3, -0.25) is 4.79 Å². The Morgan fingerprint density at radius 3 is 2.80 bits per heavy atom. The van der Waals surface area contributed by atoms with E-state index in [1.54, 1.807) is 12.5 Å². The van der Waals surface area contributed by atoms with Crippen LogP contribution in [0.4, 0.5) is 0 Å². The minimum absolute atomic E-state index is 0.412. The van der Waals surface area contributed by atoms with Crippen molar-refractivity contribution in [1.82, 2.24) is 10.6 Å². The molecule has 0 radical (unpaired) electrons. The summed E-state index contributed by atoms with van der Waals surface area (Å²) in [5.74, 6) is 0. The molecule has 0 atom stereocenters. The molecule has 1 aromatic heterocycles. The highest BCUT2D eigenvalue weighted by Gasteiger charge is 2.15. The van der Waals surface area contributed by atoms with Crippen LogP contribution in [0.15, 0.2) is 23.0 Å². The summed E-state index contributed by atoms with van der Waals surface area (Å²) < 4.78 is 4.89. The molecule has 84 valence electrons. The van der Waals surface area contributed by atoms with Crippen molar-refractivity contribution in [2.45, 2.75) is 32.9 Å². The largest absolute Gasteiger partial charge is 0.472 e. The molecule has 15 heavy (non-hydrogen) atoms. The van der Waals surface area contributed by atoms with E-state index < -0.39 is 5.60 Å². The Labute approximate surface area is 88.9 Å². The third kappa shape index (κ3) is 4.62. The standard InChI is InChI=1S/C10H16N2O3/c1-10(2,3)15-12(8-13)11-6-9-4-5-14-7-9/h4-5,7-8,11H,6H2,1-3H3. The SMILES string of the molecule is CC(C)(C)ON(C=O)NCc1ccoc1. The summed E-state index contributed by atoms with van der Waals surface area (Å²) in [6.45, 7) is 6.07. The summed E-state index contributed by atoms with van der Waals surface area (Å²) in [4.78, 5) is 16.0. The fourth-order valence-electron chi connectivity index (χ4n) is 0.949. The molecule has 1 rings (SSSR count). The Balaban J connectivity index is 2.38. The number of carbonyl (C=O) groups is 1. The van der Waals surface area contributed by atoms with Crippen LogP contribution >= 0.6 is 0 Å². The van der Waals surface area contributed by atoms with Crippen molar-refractivity contribution < 1.29 is 14.0 Å². The van der Waals surface area contributed by atoms with E-state index in [0.717, 1.165) is 10.7 Å². The second-order valence-corrected chi connectivity index (χ2v) is 4.10. The van der Waals surface area contributed by atoms with Crippen LogP contribution in [0.1, 0.15) is 26.3 Å². The van der Waals surface area contributed by atoms with E-state index in [-0.39, 0.29) is 0 Å². The molecular formula is C10H16N2O3. The first-order chi connectivity index (χ1) is 7.01. The fourth-order valence-corrected chi connectivity index (χ4v) is 0.949. The number of carbonyl (C=O) groups excluding carboxylic acids is 1. The summed E-state index contributed by atoms with van der Waals surface area (Å²) in [7, 11) is 0. The molecule has 0 spiro atoms. The summed E-state index contributed by atoms with van der Waals surface area (Å²) in [6, 6.07) is 1.81. The van der Waals surface area contributed by atoms with Crippen molar-refractivity contribution in [2.24, 2.45) is 0 Å². The van der Waals surface area contributed by atoms with E-state index in [0.29, 0.717) is 13.0 Å². The minimum atomic E-state index is -0.412. The number of hydrogen-bond acceptors (Lipinski definition) is 4. The first-order valence-electron chi connectivity index (χ1n) is 4.69. The molecule has 0 aliphatic carbocycles. The van der Waals surface area contributed by atoms with Gasteiger partial charge in [-0.25, -0.2) is 10.3 Å². The molecule has 0 bridgehead atoms. The van der Waals surface area contributed by atoms with Gasteiger partial charge < -0.3 is 4.42 Å². The van der Waals surface area contributed by atoms with E-state index in [9.17, 15) is 4.79 Å². The molecule has 0 saturated heterocycles. The molecule has 1 N–H and O–H groups in total. The molecule has 1 amide bonds. The van der Waals surface area contributed by atoms with Crippen molar-refractivity contribution in [2.75, 3.05) is 0 Å². The van der Waals surface area contributed by atoms with Gasteiger partial charge in [0, 0.05) is 12.1 Å². The molecule has 5 heteroatoms. The summed E-state index contributed by atoms with van der Waals surface area (Å²) in [5.41, 5.74) is 3.34. The topological polar surface area (TPSA) is 54.7 Å². The van der Waals surface area contributed by atoms with Crippen LogP contribution in [0, 0.1) is 0 Å². The van der Waals surface area contributed by atoms with Gasteiger partial charge in [0.2, 0.25) is 6.41 Å². The van der Waals surface area contributed by atoms with Crippen LogP contribution in [-0.2, 0) is 16.2 Å². The number of rotatable bonds is 5. The van der Waals surface area contributed by atoms with Crippen molar-refractivity contribution in [1.29, 1.82) is 0 Å². The second-order valence-electron chi connectivity index (χ2n) is 4.10. The maximum Gasteiger partial charge on any atom is 0.249 e. The number of hydrogen-bond donors (Lipinski definition) is 1. The van der Waals surface area contributed by atoms with Gasteiger partial charge in [0.05, 0.1) is 18.1 Å². The maximum absolute atomic E-state index is 10.7. The lowest BCUT2D eigenvalue weighted by Crippen LogP contribution is -2.42. The third-order valence-corrected chi connectivity index (χ3v) is 1.49. The first kappa shape index (κ1) is 11.7. The zero-order chi connectivity index (χ0) is 11.3. The van der Waals surface area contributed by atoms with Crippen molar-refractivity contribution >= 4 is 6.41 Å². The molecule has 1 aromatic rings. The second kappa shape index (κ2) is 4.95. The van der Waals surface area contributed by atoms with Crippen LogP contribution in [0.3, 0.4) is 0 Å². The summed E-state index contributed by atoms with van der Waals surface area (Å²) in [6.07, 6.45) is 3.77. The predicted octanol–water partition coefficient (Wildman–Crippen LogP) is 1.47. The van der Waals surface area contributed by atoms with Crippen molar-refractivity contribution in [3.05, 3.63) is 24.2 Å². The lowest BCUT2D eigenvalue weighted by Gasteiger charge is -2.26. The summed E-state index contributed by atoms with van der Waals surface area (Å²) >= 11 is 0. The highest BCUT2D eigenvalue weighted by Crippen LogP contribution is 2.08. The lowest BCUT2D eigenvalue weighted by atomic mass is 10.2. The number of hydroxylamine groups is 1. The van der Waals surface area contributed by atoms with E-state index in [1.807, 2.05) is 26.8 Å². The number of nitrogens with zero attached hydrogens (tertiary/aromatic N) is 1. The fraction of sp³-hybridized carbons (Fsp3) is 0.500. The van der Waals surface area contributed by atoms with Gasteiger partial charge in [0.25, 0.3) is 0 Å². The third-order valence-electron chi connectivity index (χ3n) is 1.49. The normalized spacial score (nSPS) is 11.4. The molecule has 1 heterocycles. The Hall–Kier alpha value is -1.33. The summed E-state index contributed by atoms with van der Waals surface area (Å²) in [5, 5.41) is 1.06. The Kier molecular flexibility index (Phi) is 3.88. The molecule has 0 unspecified atom stereocenters. The molecule has 0 aliphatic heterocycles. The monoisotopic (exact) mass is 212 g/mol. The molecule has 0 fully saturated rings. The molecule has 0 aromatic carbocycles. The molecule has 5 nitrogen and oxygen atoms in total. The molecule has 0 aliphatic rings. The molecule has 0 saturated carbocycles. The number of hydrazine groups is 1. The first-order valence-corrected chi connectivity index (χ1v) is 4.69. The van der Waals surface area contributed by atoms with Gasteiger partial charge >= 0.3 is 0 Å². The smallest absolute Gasteiger partial charge is 0.249 e. The maximum atomic E-state index is 10.7. The average molecular weight is 212 g/mol. The minimum Gasteiger partial charge on any atom is -0.472 e. The van der Waals surface area contributed by atoms with Crippen LogP contribution < -0.4 is 5.43 Å². The quantitative estimate of drug-likeness (QED) is 0.593. The number of amides is 1. The van der Waals surface area contributed by atoms with E-state index in [4.69, 9.17) is 9.25 Å². The Morgan fingerprint density at radius 1 is 1.60 bits per heavy atom. The van der Waals surface area contributed by atoms with Gasteiger partial charge in [-0.05, 0) is 26.8 Å². The van der Waals surface area contributed by atoms with Crippen LogP contribution in [0.25, 0.3) is 0 Å². The van der Waals surface area contributed by atoms with Gasteiger partial charge in [-0.2, -0.15) is 5.17 Å². The van der Waals surface area contributed by atoms with Gasteiger partial charge in [-0.1, -0.05) is 0 Å². The Bertz CT molecular complexity index is 290. The highest BCUT2D eigenvalue weighted by atomic mass is 16.7. The zero-order valence-electron chi connectivity index (χ0n) is 9.19. The lowest BCUT2D eigenvalue weighted by molar-refractivity contribution is -0.239. The Morgan fingerprint density at radius 2 is 2.33 bits per heavy atom. The van der Waals surface area contributed by atoms with Crippen molar-refractivity contribution in [3.8, 4) is 0 Å². The van der Waals surface area contributed by atoms with E-state index >= 15 is 0 Å². The van der Waals surface area contributed by atoms with Crippen LogP contribution in [0.5, 0.6) is 0 Å². The van der Waals surface area contributed by atoms with Gasteiger partial charge in [-0.15, -0.1) is 0 Å². The van der Waals surface area contributed by atoms with Gasteiger partial charge in [0.15, 0.2) is 0 Å². The van der Waals surface area contributed by atoms with Crippen LogP contribution in [-0.4, -0.2) is 17.2 Å². The predicted molar refractivity (Wildman–Crippen MR) is 54.3 cm³/mol. The van der Waals surface area contributed by atoms with E-state index in [2.05, 4.69) is 5.43 Å². The molecular weight excluding hydrogens is 196 g/mol. The number of nitrogens with one attached hydrogen (secondary N) is 1. The zero-order valence-corrected chi connectivity index (χ0v) is 9.19. The van der Waals surface area contributed by atoms with Gasteiger partial charge in [0.1, 0.15) is 0 Å². The number of furan rings is 1. The van der Waals surface area contributed by atoms with Crippen molar-refractivity contribution in [3.63, 3.8) is 0 Å².